The van der Waals surface area contributed by atoms with Crippen LogP contribution in [0.1, 0.15) is 18.4 Å². The van der Waals surface area contributed by atoms with E-state index in [0.29, 0.717) is 19.4 Å². The second-order valence-electron chi connectivity index (χ2n) is 3.67. The fraction of sp³-hybridized carbons (Fsp3) is 0.417. The van der Waals surface area contributed by atoms with E-state index in [9.17, 15) is 4.79 Å². The molecule has 1 aromatic carbocycles. The van der Waals surface area contributed by atoms with E-state index in [1.807, 2.05) is 24.3 Å². The molecule has 0 aromatic heterocycles. The Kier molecular flexibility index (Phi) is 5.49. The van der Waals surface area contributed by atoms with Crippen molar-refractivity contribution >= 4 is 21.8 Å². The molecule has 0 radical (unpaired) electrons. The number of nitrogens with zero attached hydrogens (tertiary/aromatic N) is 1. The maximum Gasteiger partial charge on any atom is 0.222 e. The predicted octanol–water partition coefficient (Wildman–Crippen LogP) is 2.18. The SMILES string of the molecule is CN(Cc1ccccc1Br)C(=O)CCCO. The minimum Gasteiger partial charge on any atom is -0.396 e. The summed E-state index contributed by atoms with van der Waals surface area (Å²) in [5.74, 6) is 0.0600. The van der Waals surface area contributed by atoms with Gasteiger partial charge in [-0.25, -0.2) is 0 Å². The van der Waals surface area contributed by atoms with Gasteiger partial charge in [-0.15, -0.1) is 0 Å². The summed E-state index contributed by atoms with van der Waals surface area (Å²) >= 11 is 3.45. The van der Waals surface area contributed by atoms with Gasteiger partial charge >= 0.3 is 0 Å². The quantitative estimate of drug-likeness (QED) is 0.901. The van der Waals surface area contributed by atoms with Gasteiger partial charge in [-0.2, -0.15) is 0 Å². The van der Waals surface area contributed by atoms with Crippen LogP contribution in [-0.4, -0.2) is 29.6 Å². The molecule has 88 valence electrons. The summed E-state index contributed by atoms with van der Waals surface area (Å²) in [5, 5.41) is 8.65. The average Bonchev–Trinajstić information content (AvgIpc) is 2.28. The third-order valence-electron chi connectivity index (χ3n) is 2.34. The number of hydrogen-bond acceptors (Lipinski definition) is 2. The molecule has 0 fully saturated rings. The number of carbonyl (C=O) groups excluding carboxylic acids is 1. The van der Waals surface area contributed by atoms with E-state index in [4.69, 9.17) is 5.11 Å². The molecule has 0 unspecified atom stereocenters. The standard InChI is InChI=1S/C12H16BrNO2/c1-14(12(16)7-4-8-15)9-10-5-2-3-6-11(10)13/h2-3,5-6,15H,4,7-9H2,1H3. The smallest absolute Gasteiger partial charge is 0.222 e. The van der Waals surface area contributed by atoms with Crippen LogP contribution < -0.4 is 0 Å². The zero-order chi connectivity index (χ0) is 12.0. The molecule has 4 heteroatoms. The third-order valence-corrected chi connectivity index (χ3v) is 3.11. The molecular weight excluding hydrogens is 270 g/mol. The number of aliphatic hydroxyl groups excluding tert-OH is 1. The van der Waals surface area contributed by atoms with Crippen molar-refractivity contribution in [1.82, 2.24) is 4.90 Å². The summed E-state index contributed by atoms with van der Waals surface area (Å²) < 4.78 is 1.01. The van der Waals surface area contributed by atoms with Crippen LogP contribution in [0.5, 0.6) is 0 Å². The molecule has 0 aliphatic rings. The molecule has 1 N–H and O–H groups in total. The molecular formula is C12H16BrNO2. The van der Waals surface area contributed by atoms with Gasteiger partial charge in [0.1, 0.15) is 0 Å². The minimum atomic E-state index is 0.0600. The van der Waals surface area contributed by atoms with Crippen LogP contribution in [0.3, 0.4) is 0 Å². The number of rotatable bonds is 5. The average molecular weight is 286 g/mol. The number of aliphatic hydroxyl groups is 1. The first kappa shape index (κ1) is 13.2. The Morgan fingerprint density at radius 2 is 2.12 bits per heavy atom. The highest BCUT2D eigenvalue weighted by Crippen LogP contribution is 2.17. The molecule has 0 bridgehead atoms. The van der Waals surface area contributed by atoms with Crippen LogP contribution in [0.2, 0.25) is 0 Å². The van der Waals surface area contributed by atoms with E-state index >= 15 is 0 Å². The maximum atomic E-state index is 11.6. The Bertz CT molecular complexity index is 355. The number of amides is 1. The Balaban J connectivity index is 2.54. The third kappa shape index (κ3) is 3.94. The molecule has 0 atom stereocenters. The normalized spacial score (nSPS) is 10.2. The first-order valence-corrected chi connectivity index (χ1v) is 6.02. The Morgan fingerprint density at radius 3 is 2.75 bits per heavy atom. The van der Waals surface area contributed by atoms with Crippen molar-refractivity contribution in [2.75, 3.05) is 13.7 Å². The second kappa shape index (κ2) is 6.66. The van der Waals surface area contributed by atoms with E-state index in [-0.39, 0.29) is 12.5 Å². The molecule has 1 aromatic rings. The molecule has 0 spiro atoms. The molecule has 1 amide bonds. The molecule has 0 saturated carbocycles. The highest BCUT2D eigenvalue weighted by molar-refractivity contribution is 9.10. The predicted molar refractivity (Wildman–Crippen MR) is 66.9 cm³/mol. The highest BCUT2D eigenvalue weighted by Gasteiger charge is 2.09. The van der Waals surface area contributed by atoms with E-state index < -0.39 is 0 Å². The van der Waals surface area contributed by atoms with Crippen molar-refractivity contribution < 1.29 is 9.90 Å². The van der Waals surface area contributed by atoms with Gasteiger partial charge in [0.25, 0.3) is 0 Å². The molecule has 0 heterocycles. The Morgan fingerprint density at radius 1 is 1.44 bits per heavy atom. The fourth-order valence-electron chi connectivity index (χ4n) is 1.39. The molecule has 16 heavy (non-hydrogen) atoms. The van der Waals surface area contributed by atoms with Crippen LogP contribution >= 0.6 is 15.9 Å². The molecule has 3 nitrogen and oxygen atoms in total. The first-order chi connectivity index (χ1) is 7.65. The zero-order valence-electron chi connectivity index (χ0n) is 9.32. The molecule has 0 aliphatic heterocycles. The van der Waals surface area contributed by atoms with E-state index in [1.165, 1.54) is 0 Å². The maximum absolute atomic E-state index is 11.6. The minimum absolute atomic E-state index is 0.0600. The lowest BCUT2D eigenvalue weighted by atomic mass is 10.2. The molecule has 0 aliphatic carbocycles. The van der Waals surface area contributed by atoms with Gasteiger partial charge in [-0.3, -0.25) is 4.79 Å². The summed E-state index contributed by atoms with van der Waals surface area (Å²) in [5.41, 5.74) is 1.09. The van der Waals surface area contributed by atoms with Gasteiger partial charge in [0.05, 0.1) is 0 Å². The lowest BCUT2D eigenvalue weighted by Crippen LogP contribution is -2.26. The summed E-state index contributed by atoms with van der Waals surface area (Å²) in [4.78, 5) is 13.3. The van der Waals surface area contributed by atoms with E-state index in [1.54, 1.807) is 11.9 Å². The summed E-state index contributed by atoms with van der Waals surface area (Å²) in [6.45, 7) is 0.653. The Hall–Kier alpha value is -0.870. The first-order valence-electron chi connectivity index (χ1n) is 5.23. The van der Waals surface area contributed by atoms with Crippen molar-refractivity contribution in [3.05, 3.63) is 34.3 Å². The van der Waals surface area contributed by atoms with Gasteiger partial charge in [-0.1, -0.05) is 34.1 Å². The van der Waals surface area contributed by atoms with Crippen LogP contribution in [-0.2, 0) is 11.3 Å². The topological polar surface area (TPSA) is 40.5 Å². The van der Waals surface area contributed by atoms with Crippen LogP contribution in [0.15, 0.2) is 28.7 Å². The van der Waals surface area contributed by atoms with Gasteiger partial charge in [0.15, 0.2) is 0 Å². The van der Waals surface area contributed by atoms with Gasteiger partial charge in [0, 0.05) is 31.1 Å². The fourth-order valence-corrected chi connectivity index (χ4v) is 1.80. The lowest BCUT2D eigenvalue weighted by molar-refractivity contribution is -0.130. The number of benzene rings is 1. The highest BCUT2D eigenvalue weighted by atomic mass is 79.9. The summed E-state index contributed by atoms with van der Waals surface area (Å²) in [6, 6.07) is 7.84. The van der Waals surface area contributed by atoms with Crippen LogP contribution in [0.25, 0.3) is 0 Å². The zero-order valence-corrected chi connectivity index (χ0v) is 10.9. The second-order valence-corrected chi connectivity index (χ2v) is 4.52. The van der Waals surface area contributed by atoms with Crippen molar-refractivity contribution in [3.63, 3.8) is 0 Å². The number of halogens is 1. The number of hydrogen-bond donors (Lipinski definition) is 1. The van der Waals surface area contributed by atoms with Crippen LogP contribution in [0, 0.1) is 0 Å². The van der Waals surface area contributed by atoms with Crippen molar-refractivity contribution in [1.29, 1.82) is 0 Å². The van der Waals surface area contributed by atoms with Crippen LogP contribution in [0.4, 0.5) is 0 Å². The van der Waals surface area contributed by atoms with E-state index in [2.05, 4.69) is 15.9 Å². The van der Waals surface area contributed by atoms with Crippen molar-refractivity contribution in [3.8, 4) is 0 Å². The summed E-state index contributed by atoms with van der Waals surface area (Å²) in [7, 11) is 1.78. The van der Waals surface area contributed by atoms with Crippen molar-refractivity contribution in [2.45, 2.75) is 19.4 Å². The van der Waals surface area contributed by atoms with Crippen molar-refractivity contribution in [2.24, 2.45) is 0 Å². The molecule has 1 rings (SSSR count). The molecule has 0 saturated heterocycles. The lowest BCUT2D eigenvalue weighted by Gasteiger charge is -2.17. The number of carbonyl (C=O) groups is 1. The van der Waals surface area contributed by atoms with Gasteiger partial charge in [0.2, 0.25) is 5.91 Å². The Labute approximate surface area is 104 Å². The summed E-state index contributed by atoms with van der Waals surface area (Å²) in [6.07, 6.45) is 0.927. The van der Waals surface area contributed by atoms with E-state index in [0.717, 1.165) is 10.0 Å². The van der Waals surface area contributed by atoms with Gasteiger partial charge < -0.3 is 10.0 Å². The largest absolute Gasteiger partial charge is 0.396 e. The monoisotopic (exact) mass is 285 g/mol. The van der Waals surface area contributed by atoms with Gasteiger partial charge in [-0.05, 0) is 18.1 Å².